The summed E-state index contributed by atoms with van der Waals surface area (Å²) >= 11 is 3.20. The maximum absolute atomic E-state index is 12.5. The highest BCUT2D eigenvalue weighted by molar-refractivity contribution is 7.99. The summed E-state index contributed by atoms with van der Waals surface area (Å²) in [6.45, 7) is 2.11. The first-order chi connectivity index (χ1) is 13.2. The Kier molecular flexibility index (Phi) is 5.23. The molecule has 1 aromatic heterocycles. The fraction of sp³-hybridized carbons (Fsp3) is 0.0909. The van der Waals surface area contributed by atoms with Crippen molar-refractivity contribution in [1.29, 1.82) is 0 Å². The predicted octanol–water partition coefficient (Wildman–Crippen LogP) is 6.33. The van der Waals surface area contributed by atoms with E-state index >= 15 is 0 Å². The molecule has 0 saturated heterocycles. The van der Waals surface area contributed by atoms with Gasteiger partial charge in [-0.2, -0.15) is 0 Å². The maximum atomic E-state index is 12.5. The normalized spacial score (nSPS) is 10.9. The van der Waals surface area contributed by atoms with E-state index in [0.29, 0.717) is 10.7 Å². The Balaban J connectivity index is 1.50. The molecular weight excluding hydrogens is 372 g/mol. The molecule has 0 fully saturated rings. The number of carbonyl (C=O) groups excluding carboxylic acids is 1. The van der Waals surface area contributed by atoms with Gasteiger partial charge in [0.2, 0.25) is 0 Å². The molecule has 0 saturated carbocycles. The molecule has 1 heterocycles. The Labute approximate surface area is 166 Å². The summed E-state index contributed by atoms with van der Waals surface area (Å²) in [6, 6.07) is 22.2. The van der Waals surface area contributed by atoms with Crippen molar-refractivity contribution in [3.63, 3.8) is 0 Å². The topological polar surface area (TPSA) is 42.0 Å². The van der Waals surface area contributed by atoms with Crippen molar-refractivity contribution in [2.75, 3.05) is 11.1 Å². The summed E-state index contributed by atoms with van der Waals surface area (Å²) in [6.07, 6.45) is 0. The van der Waals surface area contributed by atoms with Gasteiger partial charge >= 0.3 is 0 Å². The van der Waals surface area contributed by atoms with Gasteiger partial charge in [0.25, 0.3) is 5.91 Å². The molecule has 0 unspecified atom stereocenters. The number of hydrogen-bond acceptors (Lipinski definition) is 4. The van der Waals surface area contributed by atoms with Crippen LogP contribution in [0.2, 0.25) is 0 Å². The standard InChI is InChI=1S/C22H18N2OS2/c1-2-26-19-11-9-16(10-12-19)21(25)24-22-23-20(14-27-22)18-8-7-15-5-3-4-6-17(15)13-18/h3-14H,2H2,1H3,(H,23,24,25). The molecule has 3 nitrogen and oxygen atoms in total. The SMILES string of the molecule is CCSc1ccc(C(=O)Nc2nc(-c3ccc4ccccc4c3)cs2)cc1. The van der Waals surface area contributed by atoms with Gasteiger partial charge < -0.3 is 0 Å². The summed E-state index contributed by atoms with van der Waals surface area (Å²) in [5.41, 5.74) is 2.56. The van der Waals surface area contributed by atoms with Crippen molar-refractivity contribution in [1.82, 2.24) is 4.98 Å². The van der Waals surface area contributed by atoms with E-state index in [1.54, 1.807) is 11.8 Å². The molecule has 0 bridgehead atoms. The zero-order valence-corrected chi connectivity index (χ0v) is 16.4. The number of thioether (sulfide) groups is 1. The van der Waals surface area contributed by atoms with E-state index in [1.165, 1.54) is 27.0 Å². The molecule has 5 heteroatoms. The number of carbonyl (C=O) groups is 1. The molecule has 4 rings (SSSR count). The number of thiazole rings is 1. The van der Waals surface area contributed by atoms with Crippen molar-refractivity contribution in [3.8, 4) is 11.3 Å². The third-order valence-corrected chi connectivity index (χ3v) is 5.85. The number of fused-ring (bicyclic) bond motifs is 1. The third-order valence-electron chi connectivity index (χ3n) is 4.20. The lowest BCUT2D eigenvalue weighted by molar-refractivity contribution is 0.102. The van der Waals surface area contributed by atoms with Gasteiger partial charge in [-0.3, -0.25) is 10.1 Å². The van der Waals surface area contributed by atoms with Gasteiger partial charge in [0.05, 0.1) is 5.69 Å². The van der Waals surface area contributed by atoms with E-state index in [0.717, 1.165) is 17.0 Å². The molecule has 4 aromatic rings. The monoisotopic (exact) mass is 390 g/mol. The molecule has 0 atom stereocenters. The number of nitrogens with zero attached hydrogens (tertiary/aromatic N) is 1. The van der Waals surface area contributed by atoms with Gasteiger partial charge in [-0.1, -0.05) is 43.3 Å². The van der Waals surface area contributed by atoms with E-state index < -0.39 is 0 Å². The number of amides is 1. The number of hydrogen-bond donors (Lipinski definition) is 1. The minimum absolute atomic E-state index is 0.137. The van der Waals surface area contributed by atoms with Crippen molar-refractivity contribution in [2.45, 2.75) is 11.8 Å². The highest BCUT2D eigenvalue weighted by atomic mass is 32.2. The quantitative estimate of drug-likeness (QED) is 0.405. The summed E-state index contributed by atoms with van der Waals surface area (Å²) in [5.74, 6) is 0.879. The van der Waals surface area contributed by atoms with Crippen LogP contribution in [0.4, 0.5) is 5.13 Å². The molecule has 1 amide bonds. The van der Waals surface area contributed by atoms with Crippen LogP contribution in [0.15, 0.2) is 77.0 Å². The molecule has 0 aliphatic rings. The lowest BCUT2D eigenvalue weighted by Gasteiger charge is -2.03. The van der Waals surface area contributed by atoms with Crippen LogP contribution < -0.4 is 5.32 Å². The molecular formula is C22H18N2OS2. The second-order valence-corrected chi connectivity index (χ2v) is 8.21. The zero-order chi connectivity index (χ0) is 18.6. The summed E-state index contributed by atoms with van der Waals surface area (Å²) in [4.78, 5) is 18.2. The number of anilines is 1. The fourth-order valence-corrected chi connectivity index (χ4v) is 4.23. The Morgan fingerprint density at radius 3 is 2.59 bits per heavy atom. The van der Waals surface area contributed by atoms with Gasteiger partial charge in [-0.15, -0.1) is 23.1 Å². The molecule has 0 aliphatic heterocycles. The fourth-order valence-electron chi connectivity index (χ4n) is 2.85. The van der Waals surface area contributed by atoms with Gasteiger partial charge in [0.15, 0.2) is 5.13 Å². The van der Waals surface area contributed by atoms with Gasteiger partial charge in [0.1, 0.15) is 0 Å². The maximum Gasteiger partial charge on any atom is 0.257 e. The van der Waals surface area contributed by atoms with Crippen molar-refractivity contribution < 1.29 is 4.79 Å². The van der Waals surface area contributed by atoms with Crippen LogP contribution in [-0.2, 0) is 0 Å². The first kappa shape index (κ1) is 17.8. The molecule has 3 aromatic carbocycles. The minimum Gasteiger partial charge on any atom is -0.298 e. The van der Waals surface area contributed by atoms with Crippen molar-refractivity contribution in [3.05, 3.63) is 77.7 Å². The first-order valence-electron chi connectivity index (χ1n) is 8.72. The summed E-state index contributed by atoms with van der Waals surface area (Å²) in [7, 11) is 0. The van der Waals surface area contributed by atoms with Crippen LogP contribution in [0, 0.1) is 0 Å². The van der Waals surface area contributed by atoms with Crippen molar-refractivity contribution in [2.24, 2.45) is 0 Å². The Hall–Kier alpha value is -2.63. The molecule has 1 N–H and O–H groups in total. The smallest absolute Gasteiger partial charge is 0.257 e. The average Bonchev–Trinajstić information content (AvgIpc) is 3.17. The average molecular weight is 391 g/mol. The van der Waals surface area contributed by atoms with E-state index in [9.17, 15) is 4.79 Å². The second kappa shape index (κ2) is 7.94. The molecule has 0 radical (unpaired) electrons. The first-order valence-corrected chi connectivity index (χ1v) is 10.6. The van der Waals surface area contributed by atoms with E-state index in [2.05, 4.69) is 47.6 Å². The predicted molar refractivity (Wildman–Crippen MR) is 116 cm³/mol. The Bertz CT molecular complexity index is 1090. The van der Waals surface area contributed by atoms with E-state index in [4.69, 9.17) is 0 Å². The van der Waals surface area contributed by atoms with Crippen LogP contribution in [0.1, 0.15) is 17.3 Å². The molecule has 0 spiro atoms. The van der Waals surface area contributed by atoms with Crippen molar-refractivity contribution >= 4 is 44.9 Å². The molecule has 134 valence electrons. The zero-order valence-electron chi connectivity index (χ0n) is 14.8. The van der Waals surface area contributed by atoms with Gasteiger partial charge in [-0.25, -0.2) is 4.98 Å². The van der Waals surface area contributed by atoms with E-state index in [-0.39, 0.29) is 5.91 Å². The highest BCUT2D eigenvalue weighted by Gasteiger charge is 2.10. The summed E-state index contributed by atoms with van der Waals surface area (Å²) < 4.78 is 0. The number of rotatable bonds is 5. The van der Waals surface area contributed by atoms with E-state index in [1.807, 2.05) is 41.8 Å². The Morgan fingerprint density at radius 1 is 1.04 bits per heavy atom. The Morgan fingerprint density at radius 2 is 1.81 bits per heavy atom. The minimum atomic E-state index is -0.137. The summed E-state index contributed by atoms with van der Waals surface area (Å²) in [5, 5.41) is 7.86. The van der Waals surface area contributed by atoms with Gasteiger partial charge in [0, 0.05) is 21.4 Å². The number of benzene rings is 3. The second-order valence-electron chi connectivity index (χ2n) is 6.01. The third kappa shape index (κ3) is 4.04. The lowest BCUT2D eigenvalue weighted by Crippen LogP contribution is -2.11. The highest BCUT2D eigenvalue weighted by Crippen LogP contribution is 2.28. The number of aromatic nitrogens is 1. The lowest BCUT2D eigenvalue weighted by atomic mass is 10.1. The van der Waals surface area contributed by atoms with Crippen LogP contribution in [0.3, 0.4) is 0 Å². The largest absolute Gasteiger partial charge is 0.298 e. The van der Waals surface area contributed by atoms with Gasteiger partial charge in [-0.05, 0) is 46.9 Å². The number of nitrogens with one attached hydrogen (secondary N) is 1. The van der Waals surface area contributed by atoms with Crippen LogP contribution in [-0.4, -0.2) is 16.6 Å². The van der Waals surface area contributed by atoms with Crippen LogP contribution in [0.5, 0.6) is 0 Å². The molecule has 0 aliphatic carbocycles. The molecule has 27 heavy (non-hydrogen) atoms. The van der Waals surface area contributed by atoms with Crippen LogP contribution >= 0.6 is 23.1 Å². The van der Waals surface area contributed by atoms with Crippen LogP contribution in [0.25, 0.3) is 22.0 Å².